The van der Waals surface area contributed by atoms with Gasteiger partial charge in [0.25, 0.3) is 0 Å². The van der Waals surface area contributed by atoms with Crippen LogP contribution in [0.5, 0.6) is 0 Å². The number of esters is 1. The number of nitrogens with one attached hydrogen (secondary N) is 2. The molecule has 9 nitrogen and oxygen atoms in total. The molecule has 1 aliphatic carbocycles. The highest BCUT2D eigenvalue weighted by atomic mass is 16.6. The van der Waals surface area contributed by atoms with Gasteiger partial charge in [-0.05, 0) is 66.5 Å². The molecule has 0 radical (unpaired) electrons. The van der Waals surface area contributed by atoms with Crippen LogP contribution in [0.4, 0.5) is 10.5 Å². The van der Waals surface area contributed by atoms with Crippen molar-refractivity contribution in [2.75, 3.05) is 18.6 Å². The van der Waals surface area contributed by atoms with Gasteiger partial charge in [0, 0.05) is 11.5 Å². The zero-order valence-corrected chi connectivity index (χ0v) is 22.6. The summed E-state index contributed by atoms with van der Waals surface area (Å²) in [6, 6.07) is 5.42. The maximum atomic E-state index is 14.0. The Balaban J connectivity index is 2.57. The van der Waals surface area contributed by atoms with Crippen LogP contribution in [0.2, 0.25) is 0 Å². The fraction of sp³-hybridized carbons (Fsp3) is 0.630. The molecule has 1 unspecified atom stereocenters. The van der Waals surface area contributed by atoms with E-state index in [4.69, 9.17) is 9.47 Å². The number of nitrogens with zero attached hydrogens (tertiary/aromatic N) is 1. The molecule has 0 aromatic heterocycles. The Kier molecular flexibility index (Phi) is 9.90. The summed E-state index contributed by atoms with van der Waals surface area (Å²) < 4.78 is 10.3. The first-order chi connectivity index (χ1) is 16.7. The molecule has 0 spiro atoms. The molecule has 1 fully saturated rings. The first-order valence-corrected chi connectivity index (χ1v) is 12.5. The second-order valence-corrected chi connectivity index (χ2v) is 11.2. The lowest BCUT2D eigenvalue weighted by molar-refractivity contribution is -0.129. The van der Waals surface area contributed by atoms with Crippen molar-refractivity contribution in [1.82, 2.24) is 10.6 Å². The number of rotatable bonds is 7. The number of hydrogen-bond acceptors (Lipinski definition) is 6. The van der Waals surface area contributed by atoms with Crippen molar-refractivity contribution in [1.29, 1.82) is 0 Å². The third-order valence-corrected chi connectivity index (χ3v) is 5.71. The van der Waals surface area contributed by atoms with Crippen LogP contribution in [0.25, 0.3) is 0 Å². The van der Waals surface area contributed by atoms with Crippen molar-refractivity contribution >= 4 is 29.6 Å². The van der Waals surface area contributed by atoms with Crippen molar-refractivity contribution in [2.24, 2.45) is 5.92 Å². The van der Waals surface area contributed by atoms with E-state index in [9.17, 15) is 19.2 Å². The molecule has 3 amide bonds. The topological polar surface area (TPSA) is 114 Å². The minimum atomic E-state index is -1.13. The summed E-state index contributed by atoms with van der Waals surface area (Å²) in [6.07, 6.45) is 3.57. The monoisotopic (exact) mass is 503 g/mol. The summed E-state index contributed by atoms with van der Waals surface area (Å²) in [5, 5.41) is 5.57. The summed E-state index contributed by atoms with van der Waals surface area (Å²) in [6.45, 7) is 10.5. The number of carbonyl (C=O) groups excluding carboxylic acids is 4. The van der Waals surface area contributed by atoms with E-state index in [0.29, 0.717) is 12.8 Å². The number of para-hydroxylation sites is 1. The minimum Gasteiger partial charge on any atom is -0.465 e. The van der Waals surface area contributed by atoms with Gasteiger partial charge in [-0.15, -0.1) is 0 Å². The Morgan fingerprint density at radius 3 is 2.17 bits per heavy atom. The van der Waals surface area contributed by atoms with E-state index in [1.54, 1.807) is 45.0 Å². The second kappa shape index (κ2) is 12.2. The van der Waals surface area contributed by atoms with E-state index in [-0.39, 0.29) is 29.6 Å². The molecule has 1 saturated carbocycles. The fourth-order valence-electron chi connectivity index (χ4n) is 4.20. The lowest BCUT2D eigenvalue weighted by Gasteiger charge is -2.37. The second-order valence-electron chi connectivity index (χ2n) is 11.2. The van der Waals surface area contributed by atoms with Gasteiger partial charge < -0.3 is 20.1 Å². The molecule has 1 aromatic carbocycles. The SMILES string of the molecule is COC(=O)c1ccccc1N(C(=O)C1CCCCC1)C(CNC(=O)OC(C)(C)C)C(=O)NC(C)(C)C. The van der Waals surface area contributed by atoms with Crippen molar-refractivity contribution in [3.63, 3.8) is 0 Å². The summed E-state index contributed by atoms with van der Waals surface area (Å²) in [4.78, 5) is 54.1. The van der Waals surface area contributed by atoms with Gasteiger partial charge in [0.2, 0.25) is 11.8 Å². The number of anilines is 1. The quantitative estimate of drug-likeness (QED) is 0.539. The molecule has 0 bridgehead atoms. The Labute approximate surface area is 214 Å². The van der Waals surface area contributed by atoms with Crippen LogP contribution in [-0.4, -0.2) is 54.7 Å². The summed E-state index contributed by atoms with van der Waals surface area (Å²) >= 11 is 0. The van der Waals surface area contributed by atoms with Gasteiger partial charge in [0.1, 0.15) is 11.6 Å². The van der Waals surface area contributed by atoms with Gasteiger partial charge in [0.15, 0.2) is 0 Å². The van der Waals surface area contributed by atoms with E-state index in [1.807, 2.05) is 20.8 Å². The molecule has 1 aliphatic rings. The molecule has 0 saturated heterocycles. The van der Waals surface area contributed by atoms with Crippen LogP contribution in [0.1, 0.15) is 84.0 Å². The molecule has 0 heterocycles. The normalized spacial score (nSPS) is 15.4. The van der Waals surface area contributed by atoms with Crippen LogP contribution in [0, 0.1) is 5.92 Å². The Morgan fingerprint density at radius 1 is 1.00 bits per heavy atom. The molecular weight excluding hydrogens is 462 g/mol. The van der Waals surface area contributed by atoms with E-state index in [2.05, 4.69) is 10.6 Å². The lowest BCUT2D eigenvalue weighted by atomic mass is 9.87. The van der Waals surface area contributed by atoms with Crippen molar-refractivity contribution < 1.29 is 28.7 Å². The van der Waals surface area contributed by atoms with Crippen LogP contribution in [-0.2, 0) is 19.1 Å². The van der Waals surface area contributed by atoms with E-state index in [0.717, 1.165) is 19.3 Å². The predicted octanol–water partition coefficient (Wildman–Crippen LogP) is 4.19. The number of benzene rings is 1. The van der Waals surface area contributed by atoms with Crippen LogP contribution in [0.3, 0.4) is 0 Å². The highest BCUT2D eigenvalue weighted by molar-refractivity contribution is 6.07. The van der Waals surface area contributed by atoms with E-state index >= 15 is 0 Å². The zero-order valence-electron chi connectivity index (χ0n) is 22.6. The van der Waals surface area contributed by atoms with E-state index < -0.39 is 35.2 Å². The van der Waals surface area contributed by atoms with Gasteiger partial charge in [0.05, 0.1) is 24.9 Å². The zero-order chi connectivity index (χ0) is 27.1. The van der Waals surface area contributed by atoms with Gasteiger partial charge in [-0.1, -0.05) is 31.4 Å². The Morgan fingerprint density at radius 2 is 1.61 bits per heavy atom. The molecule has 1 aromatic rings. The molecule has 2 N–H and O–H groups in total. The average Bonchev–Trinajstić information content (AvgIpc) is 2.79. The van der Waals surface area contributed by atoms with Crippen molar-refractivity contribution in [3.05, 3.63) is 29.8 Å². The molecule has 0 aliphatic heterocycles. The van der Waals surface area contributed by atoms with E-state index in [1.165, 1.54) is 12.0 Å². The van der Waals surface area contributed by atoms with Crippen LogP contribution in [0.15, 0.2) is 24.3 Å². The standard InChI is InChI=1S/C27H41N3O6/c1-26(2,3)29-22(31)21(17-28-25(34)36-27(4,5)6)30(23(32)18-13-9-8-10-14-18)20-16-12-11-15-19(20)24(33)35-7/h11-12,15-16,18,21H,8-10,13-14,17H2,1-7H3,(H,28,34)(H,29,31). The first kappa shape index (κ1) is 29.1. The average molecular weight is 504 g/mol. The Bertz CT molecular complexity index is 942. The first-order valence-electron chi connectivity index (χ1n) is 12.5. The molecule has 9 heteroatoms. The van der Waals surface area contributed by atoms with Gasteiger partial charge >= 0.3 is 12.1 Å². The number of alkyl carbamates (subject to hydrolysis) is 1. The summed E-state index contributed by atoms with van der Waals surface area (Å²) in [5.41, 5.74) is -0.902. The molecular formula is C27H41N3O6. The predicted molar refractivity (Wildman–Crippen MR) is 138 cm³/mol. The van der Waals surface area contributed by atoms with Gasteiger partial charge in [-0.2, -0.15) is 0 Å². The molecule has 200 valence electrons. The van der Waals surface area contributed by atoms with Crippen molar-refractivity contribution in [3.8, 4) is 0 Å². The third kappa shape index (κ3) is 8.53. The largest absolute Gasteiger partial charge is 0.465 e. The molecule has 1 atom stereocenters. The highest BCUT2D eigenvalue weighted by Gasteiger charge is 2.38. The van der Waals surface area contributed by atoms with Crippen LogP contribution < -0.4 is 15.5 Å². The number of carbonyl (C=O) groups is 4. The maximum absolute atomic E-state index is 14.0. The number of hydrogen-bond donors (Lipinski definition) is 2. The lowest BCUT2D eigenvalue weighted by Crippen LogP contribution is -2.59. The number of ether oxygens (including phenoxy) is 2. The molecule has 2 rings (SSSR count). The van der Waals surface area contributed by atoms with Gasteiger partial charge in [-0.25, -0.2) is 9.59 Å². The van der Waals surface area contributed by atoms with Gasteiger partial charge in [-0.3, -0.25) is 14.5 Å². The number of amides is 3. The minimum absolute atomic E-state index is 0.162. The number of methoxy groups -OCH3 is 1. The fourth-order valence-corrected chi connectivity index (χ4v) is 4.20. The maximum Gasteiger partial charge on any atom is 0.407 e. The highest BCUT2D eigenvalue weighted by Crippen LogP contribution is 2.31. The summed E-state index contributed by atoms with van der Waals surface area (Å²) in [5.74, 6) is -1.63. The smallest absolute Gasteiger partial charge is 0.407 e. The third-order valence-electron chi connectivity index (χ3n) is 5.71. The summed E-state index contributed by atoms with van der Waals surface area (Å²) in [7, 11) is 1.26. The molecule has 36 heavy (non-hydrogen) atoms. The van der Waals surface area contributed by atoms with Crippen LogP contribution >= 0.6 is 0 Å². The van der Waals surface area contributed by atoms with Crippen molar-refractivity contribution in [2.45, 2.75) is 90.8 Å². The Hall–Kier alpha value is -3.10.